The average molecular weight is 434 g/mol. The number of amides is 2. The molecule has 3 N–H and O–H groups in total. The smallest absolute Gasteiger partial charge is 0.335 e. The van der Waals surface area contributed by atoms with E-state index in [0.717, 1.165) is 0 Å². The van der Waals surface area contributed by atoms with Gasteiger partial charge in [-0.1, -0.05) is 30.3 Å². The molecule has 0 radical (unpaired) electrons. The number of hydrogen-bond acceptors (Lipinski definition) is 4. The Balaban J connectivity index is 1.92. The van der Waals surface area contributed by atoms with E-state index in [4.69, 9.17) is 9.84 Å². The number of carboxylic acids is 1. The molecule has 0 aliphatic heterocycles. The molecule has 0 unspecified atom stereocenters. The van der Waals surface area contributed by atoms with E-state index >= 15 is 0 Å². The van der Waals surface area contributed by atoms with E-state index in [1.807, 2.05) is 0 Å². The van der Waals surface area contributed by atoms with Crippen molar-refractivity contribution in [1.82, 2.24) is 5.32 Å². The van der Waals surface area contributed by atoms with Crippen LogP contribution in [-0.4, -0.2) is 30.0 Å². The van der Waals surface area contributed by atoms with Gasteiger partial charge in [0.05, 0.1) is 18.2 Å². The number of benzene rings is 3. The molecule has 3 rings (SSSR count). The molecule has 162 valence electrons. The molecular formula is C24H19FN2O5. The van der Waals surface area contributed by atoms with Gasteiger partial charge in [-0.2, -0.15) is 0 Å². The fourth-order valence-electron chi connectivity index (χ4n) is 2.83. The van der Waals surface area contributed by atoms with Gasteiger partial charge in [0.2, 0.25) is 0 Å². The van der Waals surface area contributed by atoms with Crippen LogP contribution in [0.1, 0.15) is 26.3 Å². The van der Waals surface area contributed by atoms with Crippen LogP contribution in [0.3, 0.4) is 0 Å². The Morgan fingerprint density at radius 1 is 0.969 bits per heavy atom. The second kappa shape index (κ2) is 10.0. The van der Waals surface area contributed by atoms with Crippen LogP contribution in [0, 0.1) is 5.82 Å². The SMILES string of the molecule is COc1ccccc1C(=O)NC(=Cc1ccc(F)cc1)C(=O)Nc1cccc(C(=O)O)c1. The van der Waals surface area contributed by atoms with Crippen molar-refractivity contribution in [2.24, 2.45) is 0 Å². The molecule has 0 aromatic heterocycles. The average Bonchev–Trinajstić information content (AvgIpc) is 2.80. The van der Waals surface area contributed by atoms with Gasteiger partial charge in [0.15, 0.2) is 0 Å². The Bertz CT molecular complexity index is 1190. The minimum atomic E-state index is -1.15. The monoisotopic (exact) mass is 434 g/mol. The number of carbonyl (C=O) groups excluding carboxylic acids is 2. The fourth-order valence-corrected chi connectivity index (χ4v) is 2.83. The topological polar surface area (TPSA) is 105 Å². The predicted octanol–water partition coefficient (Wildman–Crippen LogP) is 3.94. The second-order valence-electron chi connectivity index (χ2n) is 6.60. The summed E-state index contributed by atoms with van der Waals surface area (Å²) < 4.78 is 18.4. The first-order chi connectivity index (χ1) is 15.4. The Kier molecular flexibility index (Phi) is 6.97. The Hall–Kier alpha value is -4.46. The van der Waals surface area contributed by atoms with Crippen molar-refractivity contribution in [1.29, 1.82) is 0 Å². The number of carbonyl (C=O) groups is 3. The Morgan fingerprint density at radius 2 is 1.69 bits per heavy atom. The summed E-state index contributed by atoms with van der Waals surface area (Å²) in [5, 5.41) is 14.3. The van der Waals surface area contributed by atoms with Crippen molar-refractivity contribution in [2.45, 2.75) is 0 Å². The lowest BCUT2D eigenvalue weighted by molar-refractivity contribution is -0.113. The molecule has 3 aromatic rings. The summed E-state index contributed by atoms with van der Waals surface area (Å²) >= 11 is 0. The molecule has 0 aliphatic carbocycles. The van der Waals surface area contributed by atoms with Crippen molar-refractivity contribution in [2.75, 3.05) is 12.4 Å². The minimum Gasteiger partial charge on any atom is -0.496 e. The molecule has 8 heteroatoms. The van der Waals surface area contributed by atoms with Crippen LogP contribution in [0.4, 0.5) is 10.1 Å². The molecule has 32 heavy (non-hydrogen) atoms. The fraction of sp³-hybridized carbons (Fsp3) is 0.0417. The molecule has 0 aliphatic rings. The van der Waals surface area contributed by atoms with Crippen LogP contribution in [0.15, 0.2) is 78.5 Å². The molecule has 0 atom stereocenters. The summed E-state index contributed by atoms with van der Waals surface area (Å²) in [6.07, 6.45) is 1.38. The number of aromatic carboxylic acids is 1. The predicted molar refractivity (Wildman–Crippen MR) is 117 cm³/mol. The van der Waals surface area contributed by atoms with E-state index in [-0.39, 0.29) is 22.5 Å². The number of carboxylic acid groups (broad SMARTS) is 1. The third-order valence-electron chi connectivity index (χ3n) is 4.39. The highest BCUT2D eigenvalue weighted by atomic mass is 19.1. The van der Waals surface area contributed by atoms with Gasteiger partial charge >= 0.3 is 5.97 Å². The highest BCUT2D eigenvalue weighted by Gasteiger charge is 2.18. The maximum absolute atomic E-state index is 13.3. The number of hydrogen-bond donors (Lipinski definition) is 3. The standard InChI is InChI=1S/C24H19FN2O5/c1-32-21-8-3-2-7-19(21)22(28)27-20(13-15-9-11-17(25)12-10-15)23(29)26-18-6-4-5-16(14-18)24(30)31/h2-14H,1H3,(H,26,29)(H,27,28)(H,30,31). The molecule has 3 aromatic carbocycles. The molecule has 0 heterocycles. The minimum absolute atomic E-state index is 0.00933. The molecule has 0 saturated carbocycles. The lowest BCUT2D eigenvalue weighted by Gasteiger charge is -2.13. The largest absolute Gasteiger partial charge is 0.496 e. The van der Waals surface area contributed by atoms with Gasteiger partial charge < -0.3 is 20.5 Å². The van der Waals surface area contributed by atoms with Gasteiger partial charge in [-0.25, -0.2) is 9.18 Å². The number of methoxy groups -OCH3 is 1. The number of halogens is 1. The van der Waals surface area contributed by atoms with Crippen molar-refractivity contribution >= 4 is 29.5 Å². The number of para-hydroxylation sites is 1. The van der Waals surface area contributed by atoms with E-state index < -0.39 is 23.6 Å². The number of ether oxygens (including phenoxy) is 1. The summed E-state index contributed by atoms with van der Waals surface area (Å²) in [7, 11) is 1.42. The molecule has 0 saturated heterocycles. The maximum atomic E-state index is 13.3. The van der Waals surface area contributed by atoms with Gasteiger partial charge in [-0.3, -0.25) is 9.59 Å². The Labute approximate surface area is 183 Å². The second-order valence-corrected chi connectivity index (χ2v) is 6.60. The lowest BCUT2D eigenvalue weighted by Crippen LogP contribution is -2.31. The highest BCUT2D eigenvalue weighted by Crippen LogP contribution is 2.18. The van der Waals surface area contributed by atoms with E-state index in [1.54, 1.807) is 18.2 Å². The molecule has 7 nitrogen and oxygen atoms in total. The summed E-state index contributed by atoms with van der Waals surface area (Å²) in [4.78, 5) is 36.9. The normalized spacial score (nSPS) is 10.9. The van der Waals surface area contributed by atoms with Crippen LogP contribution < -0.4 is 15.4 Å². The molecular weight excluding hydrogens is 415 g/mol. The van der Waals surface area contributed by atoms with Crippen LogP contribution in [0.2, 0.25) is 0 Å². The molecule has 0 bridgehead atoms. The summed E-state index contributed by atoms with van der Waals surface area (Å²) in [6.45, 7) is 0. The van der Waals surface area contributed by atoms with Gasteiger partial charge in [0.25, 0.3) is 11.8 Å². The third kappa shape index (κ3) is 5.57. The van der Waals surface area contributed by atoms with Crippen molar-refractivity contribution in [3.63, 3.8) is 0 Å². The molecule has 2 amide bonds. The zero-order valence-electron chi connectivity index (χ0n) is 17.0. The Morgan fingerprint density at radius 3 is 2.38 bits per heavy atom. The number of rotatable bonds is 7. The first-order valence-electron chi connectivity index (χ1n) is 9.43. The van der Waals surface area contributed by atoms with Crippen LogP contribution in [0.25, 0.3) is 6.08 Å². The van der Waals surface area contributed by atoms with E-state index in [2.05, 4.69) is 10.6 Å². The van der Waals surface area contributed by atoms with E-state index in [0.29, 0.717) is 11.3 Å². The highest BCUT2D eigenvalue weighted by molar-refractivity contribution is 6.11. The zero-order valence-corrected chi connectivity index (χ0v) is 17.0. The third-order valence-corrected chi connectivity index (χ3v) is 4.39. The van der Waals surface area contributed by atoms with Crippen molar-refractivity contribution in [3.8, 4) is 5.75 Å². The van der Waals surface area contributed by atoms with Gasteiger partial charge in [0.1, 0.15) is 17.3 Å². The number of nitrogens with one attached hydrogen (secondary N) is 2. The van der Waals surface area contributed by atoms with E-state index in [1.165, 1.54) is 67.8 Å². The van der Waals surface area contributed by atoms with Crippen molar-refractivity contribution < 1.29 is 28.6 Å². The maximum Gasteiger partial charge on any atom is 0.335 e. The van der Waals surface area contributed by atoms with Crippen LogP contribution >= 0.6 is 0 Å². The first kappa shape index (κ1) is 22.2. The zero-order chi connectivity index (χ0) is 23.1. The van der Waals surface area contributed by atoms with Crippen molar-refractivity contribution in [3.05, 3.63) is 101 Å². The van der Waals surface area contributed by atoms with Gasteiger partial charge in [-0.05, 0) is 54.1 Å². The van der Waals surface area contributed by atoms with Gasteiger partial charge in [0, 0.05) is 5.69 Å². The summed E-state index contributed by atoms with van der Waals surface area (Å²) in [5.41, 5.74) is 0.765. The van der Waals surface area contributed by atoms with Crippen LogP contribution in [-0.2, 0) is 4.79 Å². The summed E-state index contributed by atoms with van der Waals surface area (Å²) in [6, 6.07) is 17.5. The lowest BCUT2D eigenvalue weighted by atomic mass is 10.1. The first-order valence-corrected chi connectivity index (χ1v) is 9.43. The quantitative estimate of drug-likeness (QED) is 0.489. The van der Waals surface area contributed by atoms with Crippen LogP contribution in [0.5, 0.6) is 5.75 Å². The molecule has 0 spiro atoms. The molecule has 0 fully saturated rings. The summed E-state index contributed by atoms with van der Waals surface area (Å²) in [5.74, 6) is -2.56. The van der Waals surface area contributed by atoms with E-state index in [9.17, 15) is 18.8 Å². The van der Waals surface area contributed by atoms with Gasteiger partial charge in [-0.15, -0.1) is 0 Å². The number of anilines is 1.